The Morgan fingerprint density at radius 1 is 0.931 bits per heavy atom. The van der Waals surface area contributed by atoms with Gasteiger partial charge in [-0.2, -0.15) is 10.1 Å². The normalized spacial score (nSPS) is 13.9. The van der Waals surface area contributed by atoms with Crippen LogP contribution in [0.1, 0.15) is 12.8 Å². The van der Waals surface area contributed by atoms with Crippen molar-refractivity contribution >= 4 is 22.8 Å². The molecule has 2 aromatic carbocycles. The van der Waals surface area contributed by atoms with Gasteiger partial charge < -0.3 is 15.4 Å². The van der Waals surface area contributed by atoms with Crippen LogP contribution in [0.4, 0.5) is 11.8 Å². The smallest absolute Gasteiger partial charge is 0.228 e. The van der Waals surface area contributed by atoms with Crippen molar-refractivity contribution in [2.75, 3.05) is 23.7 Å². The molecule has 1 aliphatic heterocycles. The van der Waals surface area contributed by atoms with Crippen molar-refractivity contribution in [1.82, 2.24) is 19.7 Å². The number of anilines is 2. The summed E-state index contributed by atoms with van der Waals surface area (Å²) in [5.74, 6) is 2.79. The van der Waals surface area contributed by atoms with E-state index in [9.17, 15) is 0 Å². The highest BCUT2D eigenvalue weighted by molar-refractivity contribution is 5.99. The molecule has 29 heavy (non-hydrogen) atoms. The molecule has 0 amide bonds. The Morgan fingerprint density at radius 2 is 1.69 bits per heavy atom. The lowest BCUT2D eigenvalue weighted by atomic mass is 10.1. The molecule has 5 rings (SSSR count). The maximum absolute atomic E-state index is 6.32. The first-order valence-corrected chi connectivity index (χ1v) is 9.77. The summed E-state index contributed by atoms with van der Waals surface area (Å²) in [7, 11) is 1.82. The number of nitrogens with zero attached hydrogens (tertiary/aromatic N) is 5. The molecule has 0 unspecified atom stereocenters. The van der Waals surface area contributed by atoms with Crippen molar-refractivity contribution in [3.63, 3.8) is 0 Å². The summed E-state index contributed by atoms with van der Waals surface area (Å²) in [6.45, 7) is 1.93. The summed E-state index contributed by atoms with van der Waals surface area (Å²) in [6, 6.07) is 17.6. The number of hydrogen-bond acceptors (Lipinski definition) is 6. The van der Waals surface area contributed by atoms with Crippen molar-refractivity contribution in [1.29, 1.82) is 0 Å². The first kappa shape index (κ1) is 17.5. The highest BCUT2D eigenvalue weighted by Gasteiger charge is 2.21. The predicted octanol–water partition coefficient (Wildman–Crippen LogP) is 4.01. The number of rotatable bonds is 4. The molecule has 1 saturated heterocycles. The van der Waals surface area contributed by atoms with Gasteiger partial charge in [0.15, 0.2) is 5.65 Å². The number of nitrogen functional groups attached to an aromatic ring is 1. The largest absolute Gasteiger partial charge is 0.457 e. The summed E-state index contributed by atoms with van der Waals surface area (Å²) >= 11 is 0. The minimum Gasteiger partial charge on any atom is -0.457 e. The van der Waals surface area contributed by atoms with Crippen LogP contribution < -0.4 is 15.4 Å². The zero-order chi connectivity index (χ0) is 19.8. The number of hydrogen-bond donors (Lipinski definition) is 1. The average molecular weight is 386 g/mol. The van der Waals surface area contributed by atoms with Crippen LogP contribution in [-0.4, -0.2) is 32.8 Å². The van der Waals surface area contributed by atoms with Gasteiger partial charge in [-0.3, -0.25) is 4.68 Å². The van der Waals surface area contributed by atoms with Crippen LogP contribution in [-0.2, 0) is 7.05 Å². The molecule has 0 spiro atoms. The second-order valence-corrected chi connectivity index (χ2v) is 7.22. The van der Waals surface area contributed by atoms with Crippen molar-refractivity contribution in [2.24, 2.45) is 7.05 Å². The van der Waals surface area contributed by atoms with Crippen LogP contribution in [0.5, 0.6) is 11.5 Å². The number of benzene rings is 2. The zero-order valence-corrected chi connectivity index (χ0v) is 16.2. The molecule has 0 bridgehead atoms. The lowest BCUT2D eigenvalue weighted by Gasteiger charge is -2.16. The second-order valence-electron chi connectivity index (χ2n) is 7.22. The van der Waals surface area contributed by atoms with Crippen LogP contribution in [0.3, 0.4) is 0 Å². The first-order chi connectivity index (χ1) is 14.2. The van der Waals surface area contributed by atoms with E-state index < -0.39 is 0 Å². The Kier molecular flexibility index (Phi) is 4.27. The third kappa shape index (κ3) is 3.24. The van der Waals surface area contributed by atoms with E-state index in [-0.39, 0.29) is 0 Å². The molecule has 2 aromatic heterocycles. The molecule has 0 saturated carbocycles. The Balaban J connectivity index is 1.62. The molecule has 7 nitrogen and oxygen atoms in total. The minimum atomic E-state index is 0.553. The van der Waals surface area contributed by atoms with Crippen LogP contribution in [0.25, 0.3) is 22.3 Å². The first-order valence-electron chi connectivity index (χ1n) is 9.77. The van der Waals surface area contributed by atoms with Crippen molar-refractivity contribution < 1.29 is 4.74 Å². The van der Waals surface area contributed by atoms with E-state index in [2.05, 4.69) is 15.0 Å². The number of fused-ring (bicyclic) bond motifs is 1. The van der Waals surface area contributed by atoms with Crippen LogP contribution in [0.15, 0.2) is 54.6 Å². The van der Waals surface area contributed by atoms with E-state index in [0.29, 0.717) is 17.4 Å². The van der Waals surface area contributed by atoms with Gasteiger partial charge in [-0.25, -0.2) is 4.98 Å². The highest BCUT2D eigenvalue weighted by atomic mass is 16.5. The Morgan fingerprint density at radius 3 is 2.48 bits per heavy atom. The van der Waals surface area contributed by atoms with Crippen LogP contribution >= 0.6 is 0 Å². The van der Waals surface area contributed by atoms with Gasteiger partial charge in [0.05, 0.1) is 11.1 Å². The van der Waals surface area contributed by atoms with Crippen LogP contribution in [0.2, 0.25) is 0 Å². The average Bonchev–Trinajstić information content (AvgIpc) is 3.37. The van der Waals surface area contributed by atoms with E-state index in [1.165, 1.54) is 0 Å². The van der Waals surface area contributed by atoms with Crippen molar-refractivity contribution in [3.8, 4) is 22.8 Å². The SMILES string of the molecule is Cn1nc2nc(N3CCCC3)nc(-c3cccc(Oc4ccccc4)c3)c2c1N. The summed E-state index contributed by atoms with van der Waals surface area (Å²) < 4.78 is 7.67. The lowest BCUT2D eigenvalue weighted by Crippen LogP contribution is -2.20. The van der Waals surface area contributed by atoms with E-state index in [0.717, 1.165) is 54.1 Å². The summed E-state index contributed by atoms with van der Waals surface area (Å²) in [5.41, 5.74) is 8.64. The predicted molar refractivity (Wildman–Crippen MR) is 114 cm³/mol. The van der Waals surface area contributed by atoms with Gasteiger partial charge in [0.25, 0.3) is 0 Å². The quantitative estimate of drug-likeness (QED) is 0.571. The summed E-state index contributed by atoms with van der Waals surface area (Å²) in [6.07, 6.45) is 2.31. The molecule has 2 N–H and O–H groups in total. The standard InChI is InChI=1S/C22H22N6O/c1-27-20(23)18-19(24-22(25-21(18)26-27)28-12-5-6-13-28)15-8-7-11-17(14-15)29-16-9-3-2-4-10-16/h2-4,7-11,14H,5-6,12-13,23H2,1H3. The van der Waals surface area contributed by atoms with Gasteiger partial charge in [-0.15, -0.1) is 0 Å². The van der Waals surface area contributed by atoms with Crippen LogP contribution in [0, 0.1) is 0 Å². The third-order valence-corrected chi connectivity index (χ3v) is 5.20. The fourth-order valence-corrected chi connectivity index (χ4v) is 3.70. The Labute approximate surface area is 168 Å². The van der Waals surface area contributed by atoms with Gasteiger partial charge >= 0.3 is 0 Å². The van der Waals surface area contributed by atoms with Gasteiger partial charge in [0.1, 0.15) is 17.3 Å². The monoisotopic (exact) mass is 386 g/mol. The number of para-hydroxylation sites is 1. The van der Waals surface area contributed by atoms with E-state index in [1.807, 2.05) is 61.6 Å². The number of nitrogens with two attached hydrogens (primary N) is 1. The van der Waals surface area contributed by atoms with Crippen molar-refractivity contribution in [3.05, 3.63) is 54.6 Å². The van der Waals surface area contributed by atoms with Gasteiger partial charge in [-0.1, -0.05) is 30.3 Å². The fourth-order valence-electron chi connectivity index (χ4n) is 3.70. The van der Waals surface area contributed by atoms with E-state index in [4.69, 9.17) is 15.5 Å². The molecule has 0 radical (unpaired) electrons. The molecular formula is C22H22N6O. The molecule has 7 heteroatoms. The van der Waals surface area contributed by atoms with Gasteiger partial charge in [0, 0.05) is 25.7 Å². The van der Waals surface area contributed by atoms with Crippen molar-refractivity contribution in [2.45, 2.75) is 12.8 Å². The molecule has 0 aliphatic carbocycles. The van der Waals surface area contributed by atoms with E-state index in [1.54, 1.807) is 4.68 Å². The second kappa shape index (κ2) is 7.09. The molecule has 4 aromatic rings. The Hall–Kier alpha value is -3.61. The van der Waals surface area contributed by atoms with Gasteiger partial charge in [-0.05, 0) is 37.1 Å². The maximum atomic E-state index is 6.32. The molecule has 0 atom stereocenters. The molecule has 1 fully saturated rings. The lowest BCUT2D eigenvalue weighted by molar-refractivity contribution is 0.483. The number of aryl methyl sites for hydroxylation is 1. The minimum absolute atomic E-state index is 0.553. The highest BCUT2D eigenvalue weighted by Crippen LogP contribution is 2.34. The maximum Gasteiger partial charge on any atom is 0.228 e. The Bertz CT molecular complexity index is 1160. The van der Waals surface area contributed by atoms with E-state index >= 15 is 0 Å². The molecule has 146 valence electrons. The molecule has 1 aliphatic rings. The zero-order valence-electron chi connectivity index (χ0n) is 16.2. The third-order valence-electron chi connectivity index (χ3n) is 5.20. The molecule has 3 heterocycles. The fraction of sp³-hybridized carbons (Fsp3) is 0.227. The number of ether oxygens (including phenoxy) is 1. The summed E-state index contributed by atoms with van der Waals surface area (Å²) in [5, 5.41) is 5.27. The summed E-state index contributed by atoms with van der Waals surface area (Å²) in [4.78, 5) is 11.8. The van der Waals surface area contributed by atoms with Gasteiger partial charge in [0.2, 0.25) is 5.95 Å². The number of aromatic nitrogens is 4. The topological polar surface area (TPSA) is 82.1 Å². The molecular weight excluding hydrogens is 364 g/mol.